The van der Waals surface area contributed by atoms with Crippen molar-refractivity contribution in [1.82, 2.24) is 24.3 Å². The minimum atomic E-state index is -1.01. The molecule has 0 aliphatic carbocycles. The molecule has 2 amide bonds. The zero-order valence-corrected chi connectivity index (χ0v) is 16.2. The Bertz CT molecular complexity index is 828. The van der Waals surface area contributed by atoms with Crippen LogP contribution in [0.3, 0.4) is 0 Å². The maximum atomic E-state index is 12.9. The molecular formula is C17H23N5O3S. The van der Waals surface area contributed by atoms with Gasteiger partial charge in [0.15, 0.2) is 0 Å². The first-order chi connectivity index (χ1) is 12.3. The van der Waals surface area contributed by atoms with Crippen molar-refractivity contribution in [3.05, 3.63) is 33.8 Å². The van der Waals surface area contributed by atoms with E-state index in [4.69, 9.17) is 0 Å². The van der Waals surface area contributed by atoms with Crippen molar-refractivity contribution in [2.24, 2.45) is 7.05 Å². The Morgan fingerprint density at radius 1 is 1.46 bits per heavy atom. The third-order valence-electron chi connectivity index (χ3n) is 4.55. The van der Waals surface area contributed by atoms with E-state index < -0.39 is 12.0 Å². The molecule has 1 atom stereocenters. The number of carboxylic acids is 1. The molecule has 0 spiro atoms. The summed E-state index contributed by atoms with van der Waals surface area (Å²) in [7, 11) is 3.51. The van der Waals surface area contributed by atoms with Gasteiger partial charge in [0.25, 0.3) is 0 Å². The topological polar surface area (TPSA) is 91.6 Å². The molecule has 140 valence electrons. The number of aromatic nitrogens is 3. The van der Waals surface area contributed by atoms with Crippen LogP contribution in [0.2, 0.25) is 0 Å². The van der Waals surface area contributed by atoms with Crippen molar-refractivity contribution in [1.29, 1.82) is 0 Å². The molecular weight excluding hydrogens is 354 g/mol. The average molecular weight is 377 g/mol. The van der Waals surface area contributed by atoms with Gasteiger partial charge in [-0.1, -0.05) is 13.8 Å². The molecule has 0 radical (unpaired) electrons. The fourth-order valence-electron chi connectivity index (χ4n) is 3.07. The molecule has 1 aliphatic rings. The Morgan fingerprint density at radius 3 is 2.81 bits per heavy atom. The zero-order valence-electron chi connectivity index (χ0n) is 15.3. The number of hydrogen-bond donors (Lipinski definition) is 1. The largest absolute Gasteiger partial charge is 0.480 e. The molecule has 3 rings (SSSR count). The Morgan fingerprint density at radius 2 is 2.19 bits per heavy atom. The van der Waals surface area contributed by atoms with Crippen molar-refractivity contribution in [3.63, 3.8) is 0 Å². The molecule has 1 aliphatic heterocycles. The van der Waals surface area contributed by atoms with Gasteiger partial charge in [-0.05, 0) is 0 Å². The molecule has 2 aromatic rings. The minimum absolute atomic E-state index is 0.199. The van der Waals surface area contributed by atoms with Crippen molar-refractivity contribution < 1.29 is 14.7 Å². The van der Waals surface area contributed by atoms with Crippen LogP contribution in [0.1, 0.15) is 41.9 Å². The summed E-state index contributed by atoms with van der Waals surface area (Å²) in [5, 5.41) is 12.6. The van der Waals surface area contributed by atoms with Crippen molar-refractivity contribution in [2.45, 2.75) is 45.3 Å². The molecule has 8 nitrogen and oxygen atoms in total. The summed E-state index contributed by atoms with van der Waals surface area (Å²) in [6, 6.07) is -1.22. The van der Waals surface area contributed by atoms with E-state index in [1.165, 1.54) is 9.80 Å². The van der Waals surface area contributed by atoms with E-state index in [-0.39, 0.29) is 19.0 Å². The van der Waals surface area contributed by atoms with Gasteiger partial charge in [-0.25, -0.2) is 19.6 Å². The number of rotatable bonds is 4. The van der Waals surface area contributed by atoms with Crippen molar-refractivity contribution in [3.8, 4) is 0 Å². The summed E-state index contributed by atoms with van der Waals surface area (Å²) in [5.74, 6) is -0.662. The number of hydrogen-bond acceptors (Lipinski definition) is 5. The molecule has 1 N–H and O–H groups in total. The number of carbonyl (C=O) groups excluding carboxylic acids is 1. The van der Waals surface area contributed by atoms with E-state index in [9.17, 15) is 14.7 Å². The van der Waals surface area contributed by atoms with Gasteiger partial charge >= 0.3 is 12.0 Å². The Hall–Kier alpha value is -2.42. The fourth-order valence-corrected chi connectivity index (χ4v) is 3.90. The molecule has 0 saturated carbocycles. The lowest BCUT2D eigenvalue weighted by Gasteiger charge is -2.35. The second-order valence-corrected chi connectivity index (χ2v) is 7.80. The van der Waals surface area contributed by atoms with Gasteiger partial charge in [-0.15, -0.1) is 11.3 Å². The van der Waals surface area contributed by atoms with Gasteiger partial charge in [0.2, 0.25) is 0 Å². The normalized spacial score (nSPS) is 16.7. The van der Waals surface area contributed by atoms with Crippen LogP contribution in [-0.2, 0) is 31.4 Å². The van der Waals surface area contributed by atoms with Crippen LogP contribution in [-0.4, -0.2) is 54.5 Å². The van der Waals surface area contributed by atoms with E-state index >= 15 is 0 Å². The Labute approximate surface area is 156 Å². The van der Waals surface area contributed by atoms with Gasteiger partial charge in [0, 0.05) is 37.5 Å². The van der Waals surface area contributed by atoms with Crippen LogP contribution >= 0.6 is 11.3 Å². The highest BCUT2D eigenvalue weighted by Gasteiger charge is 2.37. The first kappa shape index (κ1) is 18.4. The number of nitrogens with zero attached hydrogens (tertiary/aromatic N) is 5. The van der Waals surface area contributed by atoms with E-state index in [0.29, 0.717) is 12.5 Å². The molecule has 3 heterocycles. The molecule has 2 aromatic heterocycles. The fraction of sp³-hybridized carbons (Fsp3) is 0.529. The van der Waals surface area contributed by atoms with Crippen LogP contribution in [0.5, 0.6) is 0 Å². The highest BCUT2D eigenvalue weighted by molar-refractivity contribution is 7.09. The number of urea groups is 1. The van der Waals surface area contributed by atoms with E-state index in [1.54, 1.807) is 24.7 Å². The highest BCUT2D eigenvalue weighted by atomic mass is 32.1. The van der Waals surface area contributed by atoms with Crippen LogP contribution in [0.4, 0.5) is 4.79 Å². The predicted molar refractivity (Wildman–Crippen MR) is 96.9 cm³/mol. The second-order valence-electron chi connectivity index (χ2n) is 6.91. The van der Waals surface area contributed by atoms with Gasteiger partial charge < -0.3 is 19.5 Å². The average Bonchev–Trinajstić information content (AvgIpc) is 3.20. The Balaban J connectivity index is 1.77. The second kappa shape index (κ2) is 7.06. The zero-order chi connectivity index (χ0) is 19.0. The smallest absolute Gasteiger partial charge is 0.326 e. The van der Waals surface area contributed by atoms with Gasteiger partial charge in [-0.2, -0.15) is 0 Å². The lowest BCUT2D eigenvalue weighted by atomic mass is 10.0. The first-order valence-corrected chi connectivity index (χ1v) is 9.33. The number of thiazole rings is 1. The molecule has 0 aromatic carbocycles. The Kier molecular flexibility index (Phi) is 4.99. The number of aliphatic carboxylic acids is 1. The monoisotopic (exact) mass is 377 g/mol. The molecule has 0 bridgehead atoms. The number of carbonyl (C=O) groups is 2. The van der Waals surface area contributed by atoms with Crippen LogP contribution in [0.25, 0.3) is 0 Å². The SMILES string of the molecule is CC(C)c1nc(CN(C)C(=O)N2Cc3ncn(C)c3C[C@H]2C(=O)O)cs1. The number of carboxylic acid groups (broad SMARTS) is 1. The molecule has 0 saturated heterocycles. The summed E-state index contributed by atoms with van der Waals surface area (Å²) in [4.78, 5) is 36.4. The van der Waals surface area contributed by atoms with E-state index in [2.05, 4.69) is 23.8 Å². The molecule has 0 unspecified atom stereocenters. The molecule has 0 fully saturated rings. The summed E-state index contributed by atoms with van der Waals surface area (Å²) < 4.78 is 1.82. The minimum Gasteiger partial charge on any atom is -0.480 e. The van der Waals surface area contributed by atoms with Crippen LogP contribution < -0.4 is 0 Å². The maximum Gasteiger partial charge on any atom is 0.326 e. The summed E-state index contributed by atoms with van der Waals surface area (Å²) in [6.07, 6.45) is 1.92. The predicted octanol–water partition coefficient (Wildman–Crippen LogP) is 2.06. The number of aryl methyl sites for hydroxylation is 1. The highest BCUT2D eigenvalue weighted by Crippen LogP contribution is 2.24. The maximum absolute atomic E-state index is 12.9. The summed E-state index contributed by atoms with van der Waals surface area (Å²) in [6.45, 7) is 4.70. The molecule has 26 heavy (non-hydrogen) atoms. The summed E-state index contributed by atoms with van der Waals surface area (Å²) in [5.41, 5.74) is 2.43. The van der Waals surface area contributed by atoms with Gasteiger partial charge in [0.05, 0.1) is 35.8 Å². The van der Waals surface area contributed by atoms with Gasteiger partial charge in [0.1, 0.15) is 6.04 Å². The number of amides is 2. The lowest BCUT2D eigenvalue weighted by Crippen LogP contribution is -2.52. The third-order valence-corrected chi connectivity index (χ3v) is 5.74. The van der Waals surface area contributed by atoms with Crippen molar-refractivity contribution >= 4 is 23.3 Å². The van der Waals surface area contributed by atoms with Gasteiger partial charge in [-0.3, -0.25) is 0 Å². The van der Waals surface area contributed by atoms with Crippen LogP contribution in [0.15, 0.2) is 11.7 Å². The van der Waals surface area contributed by atoms with Crippen molar-refractivity contribution in [2.75, 3.05) is 7.05 Å². The van der Waals surface area contributed by atoms with E-state index in [0.717, 1.165) is 22.1 Å². The summed E-state index contributed by atoms with van der Waals surface area (Å²) >= 11 is 1.58. The quantitative estimate of drug-likeness (QED) is 0.881. The third kappa shape index (κ3) is 3.44. The van der Waals surface area contributed by atoms with E-state index in [1.807, 2.05) is 17.0 Å². The first-order valence-electron chi connectivity index (χ1n) is 8.45. The van der Waals surface area contributed by atoms with Crippen LogP contribution in [0, 0.1) is 0 Å². The molecule has 9 heteroatoms. The lowest BCUT2D eigenvalue weighted by molar-refractivity contribution is -0.143. The standard InChI is InChI=1S/C17H23N5O3S/c1-10(2)15-19-11(8-26-15)6-20(3)17(25)22-7-12-13(21(4)9-18-12)5-14(22)16(23)24/h8-10,14H,5-7H2,1-4H3,(H,23,24)/t14-/m0/s1. The number of fused-ring (bicyclic) bond motifs is 1. The number of imidazole rings is 1.